The van der Waals surface area contributed by atoms with Gasteiger partial charge in [0.25, 0.3) is 0 Å². The molecule has 3 N–H and O–H groups in total. The minimum atomic E-state index is -0.728. The van der Waals surface area contributed by atoms with Crippen molar-refractivity contribution in [3.05, 3.63) is 36.7 Å². The molecule has 1 radical (unpaired) electrons. The highest BCUT2D eigenvalue weighted by Crippen LogP contribution is 2.18. The second-order valence-corrected chi connectivity index (χ2v) is 2.11. The molecule has 11 heavy (non-hydrogen) atoms. The third-order valence-corrected chi connectivity index (χ3v) is 1.37. The van der Waals surface area contributed by atoms with Crippen molar-refractivity contribution in [1.29, 1.82) is 0 Å². The molecule has 0 aliphatic carbocycles. The number of nitrogens with zero attached hydrogens (tertiary/aromatic N) is 1. The Bertz CT molecular complexity index is 260. The smallest absolute Gasteiger partial charge is 0.114 e. The molecule has 0 aliphatic heterocycles. The van der Waals surface area contributed by atoms with Gasteiger partial charge in [0.15, 0.2) is 0 Å². The van der Waals surface area contributed by atoms with Crippen molar-refractivity contribution in [2.45, 2.75) is 6.10 Å². The van der Waals surface area contributed by atoms with Crippen molar-refractivity contribution < 1.29 is 5.11 Å². The van der Waals surface area contributed by atoms with Crippen molar-refractivity contribution in [3.63, 3.8) is 0 Å². The number of aromatic nitrogens is 1. The standard InChI is InChI=1S/C8H9N2O/c1-2-8(11)6-3-4-10-5-7(6)9/h2-4,8,11H,1,9H2. The molecule has 0 amide bonds. The maximum atomic E-state index is 9.26. The van der Waals surface area contributed by atoms with Gasteiger partial charge < -0.3 is 10.8 Å². The highest BCUT2D eigenvalue weighted by molar-refractivity contribution is 5.45. The van der Waals surface area contributed by atoms with Crippen LogP contribution in [0.25, 0.3) is 0 Å². The van der Waals surface area contributed by atoms with Gasteiger partial charge in [0.1, 0.15) is 6.20 Å². The molecule has 0 aliphatic rings. The Balaban J connectivity index is 3.02. The van der Waals surface area contributed by atoms with Crippen LogP contribution in [0.4, 0.5) is 5.69 Å². The van der Waals surface area contributed by atoms with E-state index in [2.05, 4.69) is 17.8 Å². The number of nitrogens with two attached hydrogens (primary N) is 1. The lowest BCUT2D eigenvalue weighted by molar-refractivity contribution is 0.229. The van der Waals surface area contributed by atoms with Crippen LogP contribution < -0.4 is 5.73 Å². The van der Waals surface area contributed by atoms with Crippen molar-refractivity contribution >= 4 is 5.69 Å². The molecule has 0 spiro atoms. The molecule has 0 fully saturated rings. The van der Waals surface area contributed by atoms with E-state index in [9.17, 15) is 5.11 Å². The van der Waals surface area contributed by atoms with Crippen molar-refractivity contribution in [2.75, 3.05) is 5.73 Å². The maximum Gasteiger partial charge on any atom is 0.114 e. The van der Waals surface area contributed by atoms with Gasteiger partial charge in [-0.2, -0.15) is 0 Å². The first kappa shape index (κ1) is 7.75. The minimum Gasteiger partial charge on any atom is -0.397 e. The van der Waals surface area contributed by atoms with Gasteiger partial charge in [-0.15, -0.1) is 6.58 Å². The molecule has 0 saturated heterocycles. The Morgan fingerprint density at radius 2 is 2.55 bits per heavy atom. The number of aliphatic hydroxyl groups excluding tert-OH is 1. The Morgan fingerprint density at radius 3 is 3.09 bits per heavy atom. The van der Waals surface area contributed by atoms with Gasteiger partial charge >= 0.3 is 0 Å². The highest BCUT2D eigenvalue weighted by Gasteiger charge is 2.05. The van der Waals surface area contributed by atoms with E-state index in [0.29, 0.717) is 11.3 Å². The van der Waals surface area contributed by atoms with E-state index in [-0.39, 0.29) is 0 Å². The molecule has 0 bridgehead atoms. The van der Waals surface area contributed by atoms with Crippen LogP contribution in [0.5, 0.6) is 0 Å². The number of hydrogen-bond acceptors (Lipinski definition) is 3. The Labute approximate surface area is 65.2 Å². The molecule has 0 aromatic carbocycles. The van der Waals surface area contributed by atoms with Crippen LogP contribution in [0.2, 0.25) is 0 Å². The van der Waals surface area contributed by atoms with Crippen LogP contribution in [0.1, 0.15) is 11.7 Å². The first-order valence-electron chi connectivity index (χ1n) is 3.18. The quantitative estimate of drug-likeness (QED) is 0.608. The van der Waals surface area contributed by atoms with Crippen LogP contribution >= 0.6 is 0 Å². The van der Waals surface area contributed by atoms with E-state index in [0.717, 1.165) is 0 Å². The topological polar surface area (TPSA) is 59.1 Å². The highest BCUT2D eigenvalue weighted by atomic mass is 16.3. The summed E-state index contributed by atoms with van der Waals surface area (Å²) in [6.45, 7) is 3.44. The molecule has 57 valence electrons. The third kappa shape index (κ3) is 1.56. The summed E-state index contributed by atoms with van der Waals surface area (Å²) in [4.78, 5) is 3.67. The predicted molar refractivity (Wildman–Crippen MR) is 42.6 cm³/mol. The molecular weight excluding hydrogens is 140 g/mol. The molecule has 1 aromatic heterocycles. The summed E-state index contributed by atoms with van der Waals surface area (Å²) in [6.07, 6.45) is 4.74. The molecule has 3 nitrogen and oxygen atoms in total. The van der Waals surface area contributed by atoms with Gasteiger partial charge in [0, 0.05) is 11.8 Å². The Kier molecular flexibility index (Phi) is 2.23. The number of pyridine rings is 1. The van der Waals surface area contributed by atoms with Gasteiger partial charge in [-0.25, -0.2) is 0 Å². The summed E-state index contributed by atoms with van der Waals surface area (Å²) < 4.78 is 0. The predicted octanol–water partition coefficient (Wildman–Crippen LogP) is 0.683. The molecular formula is C8H9N2O. The SMILES string of the molecule is C=CC(O)c1ccn[c]c1N. The number of hydrogen-bond donors (Lipinski definition) is 2. The first-order valence-corrected chi connectivity index (χ1v) is 3.18. The van der Waals surface area contributed by atoms with Crippen LogP contribution in [0, 0.1) is 6.20 Å². The summed E-state index contributed by atoms with van der Waals surface area (Å²) >= 11 is 0. The summed E-state index contributed by atoms with van der Waals surface area (Å²) in [5.74, 6) is 0. The molecule has 1 atom stereocenters. The zero-order valence-corrected chi connectivity index (χ0v) is 5.99. The van der Waals surface area contributed by atoms with Crippen LogP contribution in [-0.2, 0) is 0 Å². The van der Waals surface area contributed by atoms with Gasteiger partial charge in [0.2, 0.25) is 0 Å². The molecule has 1 unspecified atom stereocenters. The largest absolute Gasteiger partial charge is 0.397 e. The minimum absolute atomic E-state index is 0.361. The molecule has 0 saturated carbocycles. The molecule has 1 rings (SSSR count). The fourth-order valence-corrected chi connectivity index (χ4v) is 0.764. The lowest BCUT2D eigenvalue weighted by Gasteiger charge is -2.06. The molecule has 1 heterocycles. The summed E-state index contributed by atoms with van der Waals surface area (Å²) in [7, 11) is 0. The zero-order valence-electron chi connectivity index (χ0n) is 5.99. The van der Waals surface area contributed by atoms with Gasteiger partial charge in [-0.1, -0.05) is 6.08 Å². The van der Waals surface area contributed by atoms with E-state index < -0.39 is 6.10 Å². The van der Waals surface area contributed by atoms with E-state index in [4.69, 9.17) is 5.73 Å². The fourth-order valence-electron chi connectivity index (χ4n) is 0.764. The number of nitrogen functional groups attached to an aromatic ring is 1. The second kappa shape index (κ2) is 3.16. The summed E-state index contributed by atoms with van der Waals surface area (Å²) in [6, 6.07) is 1.64. The number of rotatable bonds is 2. The Morgan fingerprint density at radius 1 is 1.82 bits per heavy atom. The second-order valence-electron chi connectivity index (χ2n) is 2.11. The third-order valence-electron chi connectivity index (χ3n) is 1.37. The van der Waals surface area contributed by atoms with Crippen molar-refractivity contribution in [1.82, 2.24) is 4.98 Å². The average Bonchev–Trinajstić information content (AvgIpc) is 2.04. The normalized spacial score (nSPS) is 12.5. The van der Waals surface area contributed by atoms with Gasteiger partial charge in [0.05, 0.1) is 11.8 Å². The van der Waals surface area contributed by atoms with Crippen molar-refractivity contribution in [3.8, 4) is 0 Å². The molecule has 3 heteroatoms. The summed E-state index contributed by atoms with van der Waals surface area (Å²) in [5.41, 5.74) is 6.42. The van der Waals surface area contributed by atoms with Gasteiger partial charge in [-0.05, 0) is 6.07 Å². The van der Waals surface area contributed by atoms with Crippen LogP contribution in [0.3, 0.4) is 0 Å². The summed E-state index contributed by atoms with van der Waals surface area (Å²) in [5, 5.41) is 9.26. The maximum absolute atomic E-state index is 9.26. The van der Waals surface area contributed by atoms with Crippen LogP contribution in [-0.4, -0.2) is 10.1 Å². The number of anilines is 1. The Hall–Kier alpha value is -1.35. The lowest BCUT2D eigenvalue weighted by Crippen LogP contribution is -1.99. The van der Waals surface area contributed by atoms with E-state index in [1.54, 1.807) is 6.07 Å². The zero-order chi connectivity index (χ0) is 8.27. The average molecular weight is 149 g/mol. The van der Waals surface area contributed by atoms with Crippen LogP contribution in [0.15, 0.2) is 24.9 Å². The first-order chi connectivity index (χ1) is 5.25. The van der Waals surface area contributed by atoms with E-state index in [1.807, 2.05) is 0 Å². The monoisotopic (exact) mass is 149 g/mol. The fraction of sp³-hybridized carbons (Fsp3) is 0.125. The molecule has 1 aromatic rings. The van der Waals surface area contributed by atoms with Crippen molar-refractivity contribution in [2.24, 2.45) is 0 Å². The lowest BCUT2D eigenvalue weighted by atomic mass is 10.1. The number of aliphatic hydroxyl groups is 1. The van der Waals surface area contributed by atoms with E-state index >= 15 is 0 Å². The van der Waals surface area contributed by atoms with E-state index in [1.165, 1.54) is 12.3 Å². The van der Waals surface area contributed by atoms with Gasteiger partial charge in [-0.3, -0.25) is 4.98 Å².